The van der Waals surface area contributed by atoms with Gasteiger partial charge in [0, 0.05) is 31.7 Å². The molecule has 0 radical (unpaired) electrons. The molecule has 0 unspecified atom stereocenters. The highest BCUT2D eigenvalue weighted by Gasteiger charge is 2.11. The lowest BCUT2D eigenvalue weighted by molar-refractivity contribution is -0.121. The first-order valence-corrected chi connectivity index (χ1v) is 8.53. The predicted octanol–water partition coefficient (Wildman–Crippen LogP) is 2.77. The molecule has 4 nitrogen and oxygen atoms in total. The number of nitrogens with zero attached hydrogens (tertiary/aromatic N) is 1. The summed E-state index contributed by atoms with van der Waals surface area (Å²) < 4.78 is 5.38. The molecule has 24 heavy (non-hydrogen) atoms. The number of anilines is 1. The van der Waals surface area contributed by atoms with Crippen LogP contribution in [0, 0.1) is 0 Å². The Morgan fingerprint density at radius 1 is 0.958 bits per heavy atom. The van der Waals surface area contributed by atoms with Gasteiger partial charge >= 0.3 is 0 Å². The minimum absolute atomic E-state index is 0.0936. The summed E-state index contributed by atoms with van der Waals surface area (Å²) in [5.74, 6) is 0.0936. The first-order chi connectivity index (χ1) is 11.8. The molecule has 4 heteroatoms. The summed E-state index contributed by atoms with van der Waals surface area (Å²) in [6, 6.07) is 18.5. The maximum atomic E-state index is 12.0. The fraction of sp³-hybridized carbons (Fsp3) is 0.350. The molecule has 0 spiro atoms. The van der Waals surface area contributed by atoms with E-state index in [9.17, 15) is 4.79 Å². The Balaban J connectivity index is 1.43. The minimum Gasteiger partial charge on any atom is -0.378 e. The number of carbonyl (C=O) groups is 1. The molecular weight excluding hydrogens is 300 g/mol. The fourth-order valence-electron chi connectivity index (χ4n) is 2.84. The van der Waals surface area contributed by atoms with Crippen LogP contribution in [0.1, 0.15) is 17.5 Å². The maximum Gasteiger partial charge on any atom is 0.220 e. The third-order valence-corrected chi connectivity index (χ3v) is 4.29. The van der Waals surface area contributed by atoms with Crippen LogP contribution < -0.4 is 10.2 Å². The Bertz CT molecular complexity index is 634. The molecule has 0 aromatic heterocycles. The van der Waals surface area contributed by atoms with Crippen LogP contribution in [0.15, 0.2) is 54.6 Å². The van der Waals surface area contributed by atoms with Crippen LogP contribution in [0.2, 0.25) is 0 Å². The number of nitrogens with one attached hydrogen (secondary N) is 1. The number of rotatable bonds is 6. The molecule has 1 saturated heterocycles. The summed E-state index contributed by atoms with van der Waals surface area (Å²) in [4.78, 5) is 14.3. The van der Waals surface area contributed by atoms with Gasteiger partial charge in [0.05, 0.1) is 13.2 Å². The number of carbonyl (C=O) groups excluding carboxylic acids is 1. The first-order valence-electron chi connectivity index (χ1n) is 8.53. The van der Waals surface area contributed by atoms with Crippen molar-refractivity contribution in [3.8, 4) is 0 Å². The summed E-state index contributed by atoms with van der Waals surface area (Å²) in [5.41, 5.74) is 3.55. The smallest absolute Gasteiger partial charge is 0.220 e. The monoisotopic (exact) mass is 324 g/mol. The van der Waals surface area contributed by atoms with Gasteiger partial charge in [-0.2, -0.15) is 0 Å². The second kappa shape index (κ2) is 8.50. The third-order valence-electron chi connectivity index (χ3n) is 4.29. The van der Waals surface area contributed by atoms with E-state index in [1.165, 1.54) is 11.3 Å². The molecule has 2 aromatic rings. The van der Waals surface area contributed by atoms with E-state index in [1.54, 1.807) is 0 Å². The summed E-state index contributed by atoms with van der Waals surface area (Å²) in [5, 5.41) is 2.97. The number of aryl methyl sites for hydroxylation is 1. The van der Waals surface area contributed by atoms with Crippen molar-refractivity contribution in [2.45, 2.75) is 19.4 Å². The highest BCUT2D eigenvalue weighted by atomic mass is 16.5. The Morgan fingerprint density at radius 2 is 1.67 bits per heavy atom. The topological polar surface area (TPSA) is 41.6 Å². The second-order valence-corrected chi connectivity index (χ2v) is 6.03. The molecular formula is C20H24N2O2. The van der Waals surface area contributed by atoms with E-state index in [1.807, 2.05) is 30.3 Å². The molecule has 2 aromatic carbocycles. The second-order valence-electron chi connectivity index (χ2n) is 6.03. The Kier molecular flexibility index (Phi) is 5.85. The van der Waals surface area contributed by atoms with Crippen LogP contribution >= 0.6 is 0 Å². The van der Waals surface area contributed by atoms with Gasteiger partial charge in [-0.3, -0.25) is 4.79 Å². The molecule has 1 amide bonds. The van der Waals surface area contributed by atoms with Crippen LogP contribution in [-0.2, 0) is 22.5 Å². The molecule has 0 bridgehead atoms. The Labute approximate surface area is 143 Å². The molecule has 1 heterocycles. The van der Waals surface area contributed by atoms with Gasteiger partial charge in [-0.05, 0) is 29.7 Å². The highest BCUT2D eigenvalue weighted by molar-refractivity contribution is 5.76. The molecule has 1 aliphatic heterocycles. The van der Waals surface area contributed by atoms with Crippen LogP contribution in [0.5, 0.6) is 0 Å². The van der Waals surface area contributed by atoms with Crippen molar-refractivity contribution in [2.75, 3.05) is 31.2 Å². The summed E-state index contributed by atoms with van der Waals surface area (Å²) in [6.45, 7) is 4.07. The lowest BCUT2D eigenvalue weighted by atomic mass is 10.1. The number of amides is 1. The van der Waals surface area contributed by atoms with E-state index >= 15 is 0 Å². The summed E-state index contributed by atoms with van der Waals surface area (Å²) in [6.07, 6.45) is 1.29. The van der Waals surface area contributed by atoms with Crippen molar-refractivity contribution in [2.24, 2.45) is 0 Å². The van der Waals surface area contributed by atoms with Gasteiger partial charge in [0.2, 0.25) is 5.91 Å². The number of hydrogen-bond acceptors (Lipinski definition) is 3. The van der Waals surface area contributed by atoms with E-state index in [4.69, 9.17) is 4.74 Å². The van der Waals surface area contributed by atoms with Crippen LogP contribution in [-0.4, -0.2) is 32.2 Å². The van der Waals surface area contributed by atoms with E-state index in [-0.39, 0.29) is 5.91 Å². The summed E-state index contributed by atoms with van der Waals surface area (Å²) >= 11 is 0. The molecule has 0 atom stereocenters. The van der Waals surface area contributed by atoms with Crippen LogP contribution in [0.4, 0.5) is 5.69 Å². The van der Waals surface area contributed by atoms with Crippen molar-refractivity contribution in [3.63, 3.8) is 0 Å². The lowest BCUT2D eigenvalue weighted by Crippen LogP contribution is -2.36. The van der Waals surface area contributed by atoms with Crippen molar-refractivity contribution >= 4 is 11.6 Å². The molecule has 0 saturated carbocycles. The summed E-state index contributed by atoms with van der Waals surface area (Å²) in [7, 11) is 0. The Hall–Kier alpha value is -2.33. The van der Waals surface area contributed by atoms with Gasteiger partial charge in [-0.15, -0.1) is 0 Å². The van der Waals surface area contributed by atoms with Crippen LogP contribution in [0.25, 0.3) is 0 Å². The molecule has 3 rings (SSSR count). The van der Waals surface area contributed by atoms with Crippen molar-refractivity contribution < 1.29 is 9.53 Å². The van der Waals surface area contributed by atoms with E-state index in [2.05, 4.69) is 34.5 Å². The minimum atomic E-state index is 0.0936. The van der Waals surface area contributed by atoms with Crippen molar-refractivity contribution in [1.29, 1.82) is 0 Å². The predicted molar refractivity (Wildman–Crippen MR) is 96.1 cm³/mol. The van der Waals surface area contributed by atoms with Gasteiger partial charge in [-0.1, -0.05) is 42.5 Å². The number of benzene rings is 2. The van der Waals surface area contributed by atoms with Gasteiger partial charge in [0.15, 0.2) is 0 Å². The lowest BCUT2D eigenvalue weighted by Gasteiger charge is -2.28. The van der Waals surface area contributed by atoms with Gasteiger partial charge in [0.25, 0.3) is 0 Å². The number of ether oxygens (including phenoxy) is 1. The van der Waals surface area contributed by atoms with Crippen LogP contribution in [0.3, 0.4) is 0 Å². The van der Waals surface area contributed by atoms with E-state index in [0.29, 0.717) is 13.0 Å². The van der Waals surface area contributed by atoms with Gasteiger partial charge in [0.1, 0.15) is 0 Å². The number of morpholine rings is 1. The Morgan fingerprint density at radius 3 is 2.38 bits per heavy atom. The molecule has 0 aliphatic carbocycles. The molecule has 1 fully saturated rings. The van der Waals surface area contributed by atoms with E-state index in [0.717, 1.165) is 38.3 Å². The standard InChI is InChI=1S/C20H24N2O2/c23-20(21-16-18-4-2-1-3-5-18)11-8-17-6-9-19(10-7-17)22-12-14-24-15-13-22/h1-7,9-10H,8,11-16H2,(H,21,23). The van der Waals surface area contributed by atoms with E-state index < -0.39 is 0 Å². The zero-order valence-electron chi connectivity index (χ0n) is 13.9. The molecule has 126 valence electrons. The quantitative estimate of drug-likeness (QED) is 0.888. The third kappa shape index (κ3) is 4.83. The zero-order valence-corrected chi connectivity index (χ0v) is 13.9. The SMILES string of the molecule is O=C(CCc1ccc(N2CCOCC2)cc1)NCc1ccccc1. The van der Waals surface area contributed by atoms with Crippen molar-refractivity contribution in [1.82, 2.24) is 5.32 Å². The molecule has 1 aliphatic rings. The zero-order chi connectivity index (χ0) is 16.6. The van der Waals surface area contributed by atoms with Gasteiger partial charge < -0.3 is 15.0 Å². The average Bonchev–Trinajstić information content (AvgIpc) is 2.67. The fourth-order valence-corrected chi connectivity index (χ4v) is 2.84. The first kappa shape index (κ1) is 16.5. The molecule has 1 N–H and O–H groups in total. The normalized spacial score (nSPS) is 14.4. The average molecular weight is 324 g/mol. The van der Waals surface area contributed by atoms with Gasteiger partial charge in [-0.25, -0.2) is 0 Å². The number of hydrogen-bond donors (Lipinski definition) is 1. The van der Waals surface area contributed by atoms with Crippen molar-refractivity contribution in [3.05, 3.63) is 65.7 Å². The maximum absolute atomic E-state index is 12.0. The largest absolute Gasteiger partial charge is 0.378 e. The highest BCUT2D eigenvalue weighted by Crippen LogP contribution is 2.17.